The van der Waals surface area contributed by atoms with Crippen LogP contribution in [0.15, 0.2) is 22.9 Å². The van der Waals surface area contributed by atoms with E-state index in [0.29, 0.717) is 12.3 Å². The summed E-state index contributed by atoms with van der Waals surface area (Å²) >= 11 is 0. The van der Waals surface area contributed by atoms with Crippen molar-refractivity contribution < 1.29 is 6.22 Å². The van der Waals surface area contributed by atoms with Gasteiger partial charge in [-0.05, 0) is 31.3 Å². The summed E-state index contributed by atoms with van der Waals surface area (Å²) in [6, 6.07) is 0. The number of carbonyl (C=O) groups excluding carboxylic acids is 1. The molecule has 0 spiro atoms. The molecule has 0 fully saturated rings. The largest absolute Gasteiger partial charge is 0.329 e. The molecule has 0 saturated heterocycles. The van der Waals surface area contributed by atoms with E-state index in [1.165, 1.54) is 11.1 Å². The first kappa shape index (κ1) is 8.54. The standard InChI is InChI=1S/C11H15NO.H2/c1-7-5-9-3-4-11(13)12-10(9)6-8(7)2;/h5,8H,3-4,6H2,1-2H3,(H,12,13);1H. The Morgan fingerprint density at radius 2 is 2.31 bits per heavy atom. The highest BCUT2D eigenvalue weighted by atomic mass is 16.1. The molecule has 0 bridgehead atoms. The second-order valence-electron chi connectivity index (χ2n) is 4.05. The minimum absolute atomic E-state index is 0. The Hall–Kier alpha value is -1.05. The fraction of sp³-hybridized carbons (Fsp3) is 0.545. The Balaban J connectivity index is 0.000000980. The van der Waals surface area contributed by atoms with Crippen molar-refractivity contribution in [3.8, 4) is 0 Å². The highest BCUT2D eigenvalue weighted by Gasteiger charge is 2.22. The number of nitrogens with one attached hydrogen (secondary N) is 1. The molecular weight excluding hydrogens is 162 g/mol. The van der Waals surface area contributed by atoms with E-state index in [-0.39, 0.29) is 7.33 Å². The number of hydrogen-bond donors (Lipinski definition) is 1. The normalized spacial score (nSPS) is 28.0. The molecule has 1 aliphatic heterocycles. The zero-order valence-corrected chi connectivity index (χ0v) is 8.18. The number of hydrogen-bond acceptors (Lipinski definition) is 1. The van der Waals surface area contributed by atoms with Gasteiger partial charge in [-0.2, -0.15) is 0 Å². The van der Waals surface area contributed by atoms with Gasteiger partial charge in [0.15, 0.2) is 0 Å². The van der Waals surface area contributed by atoms with Gasteiger partial charge in [-0.15, -0.1) is 0 Å². The number of allylic oxidation sites excluding steroid dienone is 4. The summed E-state index contributed by atoms with van der Waals surface area (Å²) in [5, 5.41) is 2.97. The number of rotatable bonds is 0. The maximum Gasteiger partial charge on any atom is 0.224 e. The molecule has 1 unspecified atom stereocenters. The third-order valence-corrected chi connectivity index (χ3v) is 2.99. The van der Waals surface area contributed by atoms with Gasteiger partial charge in [0.25, 0.3) is 0 Å². The Kier molecular flexibility index (Phi) is 1.98. The van der Waals surface area contributed by atoms with Gasteiger partial charge < -0.3 is 5.32 Å². The van der Waals surface area contributed by atoms with Gasteiger partial charge in [-0.3, -0.25) is 4.79 Å². The Morgan fingerprint density at radius 1 is 1.54 bits per heavy atom. The topological polar surface area (TPSA) is 29.1 Å². The maximum absolute atomic E-state index is 11.1. The monoisotopic (exact) mass is 179 g/mol. The summed E-state index contributed by atoms with van der Waals surface area (Å²) in [5.74, 6) is 0.760. The van der Waals surface area contributed by atoms with Crippen LogP contribution in [0.3, 0.4) is 0 Å². The lowest BCUT2D eigenvalue weighted by atomic mass is 9.85. The van der Waals surface area contributed by atoms with Crippen molar-refractivity contribution in [1.29, 1.82) is 0 Å². The van der Waals surface area contributed by atoms with Gasteiger partial charge >= 0.3 is 0 Å². The first-order valence-corrected chi connectivity index (χ1v) is 4.87. The van der Waals surface area contributed by atoms with E-state index < -0.39 is 0 Å². The highest BCUT2D eigenvalue weighted by Crippen LogP contribution is 2.31. The molecule has 2 rings (SSSR count). The van der Waals surface area contributed by atoms with Gasteiger partial charge in [0.05, 0.1) is 0 Å². The quantitative estimate of drug-likeness (QED) is 0.607. The van der Waals surface area contributed by atoms with Crippen LogP contribution >= 0.6 is 0 Å². The highest BCUT2D eigenvalue weighted by molar-refractivity contribution is 5.80. The first-order chi connectivity index (χ1) is 6.16. The van der Waals surface area contributed by atoms with Crippen LogP contribution < -0.4 is 5.32 Å². The number of amides is 1. The van der Waals surface area contributed by atoms with E-state index in [1.54, 1.807) is 0 Å². The Bertz CT molecular complexity index is 317. The molecular formula is C11H17NO. The Labute approximate surface area is 80.2 Å². The van der Waals surface area contributed by atoms with Crippen LogP contribution in [0.5, 0.6) is 0 Å². The lowest BCUT2D eigenvalue weighted by Crippen LogP contribution is -2.30. The van der Waals surface area contributed by atoms with E-state index in [9.17, 15) is 4.79 Å². The van der Waals surface area contributed by atoms with Gasteiger partial charge in [0.2, 0.25) is 5.91 Å². The average molecular weight is 179 g/mol. The molecule has 1 aliphatic carbocycles. The lowest BCUT2D eigenvalue weighted by molar-refractivity contribution is -0.120. The third-order valence-electron chi connectivity index (χ3n) is 2.99. The van der Waals surface area contributed by atoms with E-state index in [4.69, 9.17) is 0 Å². The van der Waals surface area contributed by atoms with E-state index >= 15 is 0 Å². The van der Waals surface area contributed by atoms with Crippen molar-refractivity contribution >= 4 is 5.91 Å². The van der Waals surface area contributed by atoms with Crippen LogP contribution in [-0.2, 0) is 4.79 Å². The predicted molar refractivity (Wildman–Crippen MR) is 54.1 cm³/mol. The lowest BCUT2D eigenvalue weighted by Gasteiger charge is -2.27. The van der Waals surface area contributed by atoms with Crippen LogP contribution in [-0.4, -0.2) is 5.91 Å². The molecule has 0 saturated carbocycles. The molecule has 72 valence electrons. The van der Waals surface area contributed by atoms with Crippen LogP contribution in [0.2, 0.25) is 0 Å². The SMILES string of the molecule is CC1=CC2=C(CC1C)NC(=O)CC2.[HH]. The first-order valence-electron chi connectivity index (χ1n) is 4.87. The molecule has 2 nitrogen and oxygen atoms in total. The van der Waals surface area contributed by atoms with Crippen molar-refractivity contribution in [3.63, 3.8) is 0 Å². The van der Waals surface area contributed by atoms with Crippen molar-refractivity contribution in [2.45, 2.75) is 33.1 Å². The van der Waals surface area contributed by atoms with Crippen LogP contribution in [0.4, 0.5) is 0 Å². The second kappa shape index (κ2) is 3.02. The van der Waals surface area contributed by atoms with Gasteiger partial charge in [-0.25, -0.2) is 0 Å². The fourth-order valence-electron chi connectivity index (χ4n) is 1.94. The molecule has 1 atom stereocenters. The van der Waals surface area contributed by atoms with Crippen molar-refractivity contribution in [3.05, 3.63) is 22.9 Å². The third kappa shape index (κ3) is 1.53. The smallest absolute Gasteiger partial charge is 0.224 e. The van der Waals surface area contributed by atoms with Crippen LogP contribution in [0, 0.1) is 5.92 Å². The van der Waals surface area contributed by atoms with Gasteiger partial charge in [0.1, 0.15) is 0 Å². The summed E-state index contributed by atoms with van der Waals surface area (Å²) in [6.45, 7) is 4.38. The molecule has 0 aromatic carbocycles. The molecule has 1 amide bonds. The van der Waals surface area contributed by atoms with Crippen molar-refractivity contribution in [2.75, 3.05) is 0 Å². The summed E-state index contributed by atoms with van der Waals surface area (Å²) in [5.41, 5.74) is 3.94. The Morgan fingerprint density at radius 3 is 3.08 bits per heavy atom. The fourth-order valence-corrected chi connectivity index (χ4v) is 1.94. The molecule has 1 heterocycles. The molecule has 2 heteroatoms. The number of carbonyl (C=O) groups is 1. The summed E-state index contributed by atoms with van der Waals surface area (Å²) in [6.07, 6.45) is 4.81. The summed E-state index contributed by atoms with van der Waals surface area (Å²) in [4.78, 5) is 11.1. The predicted octanol–water partition coefficient (Wildman–Crippen LogP) is 2.38. The molecule has 2 aliphatic rings. The average Bonchev–Trinajstić information content (AvgIpc) is 2.08. The molecule has 0 aromatic heterocycles. The zero-order valence-electron chi connectivity index (χ0n) is 8.18. The van der Waals surface area contributed by atoms with Crippen LogP contribution in [0.1, 0.15) is 34.5 Å². The summed E-state index contributed by atoms with van der Waals surface area (Å²) < 4.78 is 0. The van der Waals surface area contributed by atoms with Crippen LogP contribution in [0.25, 0.3) is 0 Å². The van der Waals surface area contributed by atoms with E-state index in [0.717, 1.165) is 18.5 Å². The minimum Gasteiger partial charge on any atom is -0.329 e. The van der Waals surface area contributed by atoms with Crippen molar-refractivity contribution in [2.24, 2.45) is 5.92 Å². The van der Waals surface area contributed by atoms with E-state index in [2.05, 4.69) is 25.2 Å². The maximum atomic E-state index is 11.1. The van der Waals surface area contributed by atoms with Gasteiger partial charge in [0, 0.05) is 13.5 Å². The van der Waals surface area contributed by atoms with E-state index in [1.807, 2.05) is 0 Å². The molecule has 0 aromatic rings. The molecule has 0 radical (unpaired) electrons. The minimum atomic E-state index is 0. The van der Waals surface area contributed by atoms with Crippen molar-refractivity contribution in [1.82, 2.24) is 5.32 Å². The molecule has 1 N–H and O–H groups in total. The summed E-state index contributed by atoms with van der Waals surface area (Å²) in [7, 11) is 0. The zero-order chi connectivity index (χ0) is 9.42. The second-order valence-corrected chi connectivity index (χ2v) is 4.05. The molecule has 13 heavy (non-hydrogen) atoms. The van der Waals surface area contributed by atoms with Gasteiger partial charge in [-0.1, -0.05) is 18.6 Å².